The summed E-state index contributed by atoms with van der Waals surface area (Å²) < 4.78 is 56.6. The quantitative estimate of drug-likeness (QED) is 0.488. The van der Waals surface area contributed by atoms with Crippen molar-refractivity contribution in [2.45, 2.75) is 19.8 Å². The topological polar surface area (TPSA) is 69.3 Å². The highest BCUT2D eigenvalue weighted by atomic mass is 19.4. The fraction of sp³-hybridized carbons (Fsp3) is 0.143. The SMILES string of the molecule is Cc1c(O)n(-c2ccc(OC(F)(F)F)cc2)c(=O)n1Cc1ccnc2cc(F)ccc12. The molecule has 0 aliphatic carbocycles. The van der Waals surface area contributed by atoms with E-state index >= 15 is 0 Å². The van der Waals surface area contributed by atoms with Crippen LogP contribution in [0.5, 0.6) is 11.6 Å². The summed E-state index contributed by atoms with van der Waals surface area (Å²) in [5.74, 6) is -1.23. The lowest BCUT2D eigenvalue weighted by Crippen LogP contribution is -2.24. The molecule has 0 fully saturated rings. The Balaban J connectivity index is 1.73. The van der Waals surface area contributed by atoms with Crippen LogP contribution in [-0.4, -0.2) is 25.6 Å². The number of alkyl halides is 3. The van der Waals surface area contributed by atoms with E-state index < -0.39 is 23.6 Å². The first kappa shape index (κ1) is 20.5. The fourth-order valence-electron chi connectivity index (χ4n) is 3.34. The van der Waals surface area contributed by atoms with Crippen molar-refractivity contribution in [3.63, 3.8) is 0 Å². The van der Waals surface area contributed by atoms with E-state index in [-0.39, 0.29) is 23.8 Å². The van der Waals surface area contributed by atoms with E-state index in [4.69, 9.17) is 0 Å². The highest BCUT2D eigenvalue weighted by molar-refractivity contribution is 5.82. The van der Waals surface area contributed by atoms with Crippen molar-refractivity contribution in [3.05, 3.63) is 82.3 Å². The van der Waals surface area contributed by atoms with Crippen LogP contribution in [-0.2, 0) is 6.54 Å². The molecule has 1 N–H and O–H groups in total. The van der Waals surface area contributed by atoms with E-state index in [0.717, 1.165) is 16.7 Å². The van der Waals surface area contributed by atoms with Crippen molar-refractivity contribution in [2.24, 2.45) is 0 Å². The van der Waals surface area contributed by atoms with Gasteiger partial charge in [0.25, 0.3) is 0 Å². The second kappa shape index (κ2) is 7.46. The second-order valence-corrected chi connectivity index (χ2v) is 6.79. The van der Waals surface area contributed by atoms with Crippen LogP contribution in [0.1, 0.15) is 11.3 Å². The van der Waals surface area contributed by atoms with Gasteiger partial charge in [-0.15, -0.1) is 13.2 Å². The van der Waals surface area contributed by atoms with Crippen LogP contribution in [0.25, 0.3) is 16.6 Å². The molecule has 4 rings (SSSR count). The maximum atomic E-state index is 13.5. The van der Waals surface area contributed by atoms with Crippen molar-refractivity contribution in [2.75, 3.05) is 0 Å². The lowest BCUT2D eigenvalue weighted by Gasteiger charge is -2.09. The summed E-state index contributed by atoms with van der Waals surface area (Å²) >= 11 is 0. The number of hydrogen-bond acceptors (Lipinski definition) is 4. The van der Waals surface area contributed by atoms with Gasteiger partial charge >= 0.3 is 12.1 Å². The molecule has 0 aliphatic heterocycles. The summed E-state index contributed by atoms with van der Waals surface area (Å²) in [6.45, 7) is 1.61. The molecular formula is C21H15F4N3O3. The molecule has 6 nitrogen and oxygen atoms in total. The molecule has 160 valence electrons. The van der Waals surface area contributed by atoms with Gasteiger partial charge in [0.2, 0.25) is 5.88 Å². The molecule has 0 spiro atoms. The minimum absolute atomic E-state index is 0.0746. The average molecular weight is 433 g/mol. The number of benzene rings is 2. The van der Waals surface area contributed by atoms with E-state index in [1.54, 1.807) is 12.1 Å². The summed E-state index contributed by atoms with van der Waals surface area (Å²) in [6, 6.07) is 10.4. The molecule has 0 amide bonds. The first-order valence-corrected chi connectivity index (χ1v) is 9.04. The Labute approximate surface area is 172 Å². The predicted molar refractivity (Wildman–Crippen MR) is 104 cm³/mol. The first-order valence-electron chi connectivity index (χ1n) is 9.04. The molecule has 0 bridgehead atoms. The smallest absolute Gasteiger partial charge is 0.493 e. The van der Waals surface area contributed by atoms with Crippen molar-refractivity contribution >= 4 is 10.9 Å². The molecule has 0 aliphatic rings. The third kappa shape index (κ3) is 3.96. The minimum atomic E-state index is -4.84. The van der Waals surface area contributed by atoms with Gasteiger partial charge < -0.3 is 9.84 Å². The van der Waals surface area contributed by atoms with Crippen molar-refractivity contribution < 1.29 is 27.4 Å². The molecule has 0 atom stereocenters. The second-order valence-electron chi connectivity index (χ2n) is 6.79. The van der Waals surface area contributed by atoms with Gasteiger partial charge in [0, 0.05) is 17.6 Å². The maximum Gasteiger partial charge on any atom is 0.573 e. The Kier molecular flexibility index (Phi) is 4.92. The molecule has 0 unspecified atom stereocenters. The van der Waals surface area contributed by atoms with Crippen LogP contribution in [0, 0.1) is 12.7 Å². The number of pyridine rings is 1. The largest absolute Gasteiger partial charge is 0.573 e. The lowest BCUT2D eigenvalue weighted by atomic mass is 10.1. The molecule has 0 saturated heterocycles. The summed E-state index contributed by atoms with van der Waals surface area (Å²) in [5.41, 5.74) is 0.938. The molecule has 0 saturated carbocycles. The molecule has 2 aromatic heterocycles. The Morgan fingerprint density at radius 2 is 1.81 bits per heavy atom. The molecule has 2 heterocycles. The average Bonchev–Trinajstić information content (AvgIpc) is 2.91. The highest BCUT2D eigenvalue weighted by Crippen LogP contribution is 2.26. The summed E-state index contributed by atoms with van der Waals surface area (Å²) in [5, 5.41) is 11.2. The standard InChI is InChI=1S/C21H15F4N3O3/c1-12-19(29)28(15-3-5-16(6-4-15)31-21(23,24)25)20(30)27(12)11-13-8-9-26-18-10-14(22)2-7-17(13)18/h2-10,29H,11H2,1H3. The zero-order valence-electron chi connectivity index (χ0n) is 16.0. The van der Waals surface area contributed by atoms with Crippen molar-refractivity contribution in [3.8, 4) is 17.3 Å². The van der Waals surface area contributed by atoms with Gasteiger partial charge in [-0.25, -0.2) is 13.8 Å². The fourth-order valence-corrected chi connectivity index (χ4v) is 3.34. The van der Waals surface area contributed by atoms with Gasteiger partial charge in [-0.3, -0.25) is 9.55 Å². The Morgan fingerprint density at radius 3 is 2.48 bits per heavy atom. The predicted octanol–water partition coefficient (Wildman–Crippen LogP) is 4.29. The summed E-state index contributed by atoms with van der Waals surface area (Å²) in [7, 11) is 0. The molecule has 0 radical (unpaired) electrons. The summed E-state index contributed by atoms with van der Waals surface area (Å²) in [4.78, 5) is 17.1. The van der Waals surface area contributed by atoms with Crippen LogP contribution >= 0.6 is 0 Å². The van der Waals surface area contributed by atoms with Gasteiger partial charge in [0.1, 0.15) is 11.6 Å². The first-order chi connectivity index (χ1) is 14.6. The van der Waals surface area contributed by atoms with Crippen molar-refractivity contribution in [1.82, 2.24) is 14.1 Å². The van der Waals surface area contributed by atoms with Gasteiger partial charge in [0.15, 0.2) is 0 Å². The van der Waals surface area contributed by atoms with Gasteiger partial charge in [-0.1, -0.05) is 0 Å². The van der Waals surface area contributed by atoms with E-state index in [1.165, 1.54) is 42.0 Å². The number of aromatic nitrogens is 3. The number of aromatic hydroxyl groups is 1. The van der Waals surface area contributed by atoms with E-state index in [1.807, 2.05) is 0 Å². The van der Waals surface area contributed by atoms with Crippen LogP contribution in [0.2, 0.25) is 0 Å². The zero-order valence-corrected chi connectivity index (χ0v) is 16.0. The van der Waals surface area contributed by atoms with Crippen LogP contribution in [0.4, 0.5) is 17.6 Å². The van der Waals surface area contributed by atoms with Crippen LogP contribution in [0.15, 0.2) is 59.5 Å². The number of nitrogens with zero attached hydrogens (tertiary/aromatic N) is 3. The van der Waals surface area contributed by atoms with E-state index in [0.29, 0.717) is 16.5 Å². The van der Waals surface area contributed by atoms with E-state index in [2.05, 4.69) is 9.72 Å². The molecular weight excluding hydrogens is 418 g/mol. The highest BCUT2D eigenvalue weighted by Gasteiger charge is 2.31. The Hall–Kier alpha value is -3.82. The maximum absolute atomic E-state index is 13.5. The monoisotopic (exact) mass is 433 g/mol. The molecule has 31 heavy (non-hydrogen) atoms. The minimum Gasteiger partial charge on any atom is -0.493 e. The number of imidazole rings is 1. The zero-order chi connectivity index (χ0) is 22.3. The lowest BCUT2D eigenvalue weighted by molar-refractivity contribution is -0.274. The normalized spacial score (nSPS) is 11.8. The number of rotatable bonds is 4. The Bertz CT molecular complexity index is 1320. The number of fused-ring (bicyclic) bond motifs is 1. The Morgan fingerprint density at radius 1 is 1.10 bits per heavy atom. The molecule has 10 heteroatoms. The third-order valence-electron chi connectivity index (χ3n) is 4.81. The number of halogens is 4. The number of ether oxygens (including phenoxy) is 1. The van der Waals surface area contributed by atoms with Gasteiger partial charge in [0.05, 0.1) is 23.4 Å². The number of hydrogen-bond donors (Lipinski definition) is 1. The molecule has 4 aromatic rings. The van der Waals surface area contributed by atoms with E-state index in [9.17, 15) is 27.5 Å². The van der Waals surface area contributed by atoms with Crippen molar-refractivity contribution in [1.29, 1.82) is 0 Å². The van der Waals surface area contributed by atoms with Gasteiger partial charge in [-0.05, 0) is 55.0 Å². The molecule has 2 aromatic carbocycles. The van der Waals surface area contributed by atoms with Crippen LogP contribution < -0.4 is 10.4 Å². The van der Waals surface area contributed by atoms with Crippen LogP contribution in [0.3, 0.4) is 0 Å². The third-order valence-corrected chi connectivity index (χ3v) is 4.81. The van der Waals surface area contributed by atoms with Gasteiger partial charge in [-0.2, -0.15) is 0 Å². The summed E-state index contributed by atoms with van der Waals surface area (Å²) in [6.07, 6.45) is -3.34.